The molecule has 0 N–H and O–H groups in total. The minimum Gasteiger partial charge on any atom is -0.493 e. The van der Waals surface area contributed by atoms with Crippen LogP contribution in [0.3, 0.4) is 0 Å². The van der Waals surface area contributed by atoms with Crippen molar-refractivity contribution in [3.63, 3.8) is 0 Å². The van der Waals surface area contributed by atoms with Crippen LogP contribution in [0.15, 0.2) is 36.4 Å². The van der Waals surface area contributed by atoms with E-state index in [2.05, 4.69) is 0 Å². The molecule has 1 atom stereocenters. The first kappa shape index (κ1) is 25.6. The van der Waals surface area contributed by atoms with Gasteiger partial charge in [0, 0.05) is 26.7 Å². The zero-order valence-corrected chi connectivity index (χ0v) is 21.2. The van der Waals surface area contributed by atoms with Crippen molar-refractivity contribution in [3.05, 3.63) is 57.6 Å². The highest BCUT2D eigenvalue weighted by atomic mass is 35.5. The average molecular weight is 515 g/mol. The van der Waals surface area contributed by atoms with E-state index >= 15 is 0 Å². The lowest BCUT2D eigenvalue weighted by Gasteiger charge is -2.33. The Morgan fingerprint density at radius 3 is 2.42 bits per heavy atom. The van der Waals surface area contributed by atoms with Crippen molar-refractivity contribution in [3.8, 4) is 11.5 Å². The topological polar surface area (TPSA) is 76.2 Å². The predicted octanol–water partition coefficient (Wildman–Crippen LogP) is 4.21. The van der Waals surface area contributed by atoms with Gasteiger partial charge in [-0.25, -0.2) is 12.7 Å². The van der Waals surface area contributed by atoms with Gasteiger partial charge in [-0.3, -0.25) is 4.79 Å². The number of hydrogen-bond donors (Lipinski definition) is 0. The van der Waals surface area contributed by atoms with E-state index in [-0.39, 0.29) is 18.2 Å². The molecule has 1 saturated heterocycles. The molecule has 1 aliphatic rings. The molecule has 180 valence electrons. The molecule has 0 unspecified atom stereocenters. The number of halogens is 2. The molecule has 33 heavy (non-hydrogen) atoms. The van der Waals surface area contributed by atoms with Gasteiger partial charge in [-0.1, -0.05) is 35.3 Å². The maximum atomic E-state index is 13.1. The smallest absolute Gasteiger partial charge is 0.227 e. The molecule has 1 aliphatic heterocycles. The molecule has 0 spiro atoms. The summed E-state index contributed by atoms with van der Waals surface area (Å²) in [6.07, 6.45) is 1.27. The van der Waals surface area contributed by atoms with Crippen LogP contribution in [0.5, 0.6) is 11.5 Å². The van der Waals surface area contributed by atoms with Crippen molar-refractivity contribution in [2.45, 2.75) is 25.1 Å². The second-order valence-corrected chi connectivity index (χ2v) is 10.9. The second-order valence-electron chi connectivity index (χ2n) is 8.09. The van der Waals surface area contributed by atoms with Crippen LogP contribution in [0.2, 0.25) is 10.0 Å². The number of nitrogens with zero attached hydrogens (tertiary/aromatic N) is 2. The Morgan fingerprint density at radius 2 is 1.76 bits per heavy atom. The van der Waals surface area contributed by atoms with Crippen LogP contribution < -0.4 is 9.47 Å². The summed E-state index contributed by atoms with van der Waals surface area (Å²) in [4.78, 5) is 14.7. The van der Waals surface area contributed by atoms with Crippen molar-refractivity contribution in [1.82, 2.24) is 9.21 Å². The standard InChI is InChI=1S/C23H28Cl2N2O5S/c1-26(13-16-7-9-21(31-2)22(12-16)32-3)23(28)18-5-4-10-27(14-18)33(29,30)15-17-6-8-19(24)20(25)11-17/h6-9,11-12,18H,4-5,10,13-15H2,1-3H3/t18-/m1/s1. The van der Waals surface area contributed by atoms with Gasteiger partial charge < -0.3 is 14.4 Å². The second kappa shape index (κ2) is 11.0. The first-order valence-corrected chi connectivity index (χ1v) is 12.9. The number of sulfonamides is 1. The molecule has 1 fully saturated rings. The van der Waals surface area contributed by atoms with E-state index < -0.39 is 15.9 Å². The quantitative estimate of drug-likeness (QED) is 0.527. The van der Waals surface area contributed by atoms with Crippen LogP contribution in [-0.4, -0.2) is 57.9 Å². The van der Waals surface area contributed by atoms with Crippen molar-refractivity contribution < 1.29 is 22.7 Å². The molecule has 7 nitrogen and oxygen atoms in total. The number of benzene rings is 2. The van der Waals surface area contributed by atoms with Crippen molar-refractivity contribution in [2.75, 3.05) is 34.4 Å². The van der Waals surface area contributed by atoms with E-state index in [1.165, 1.54) is 4.31 Å². The van der Waals surface area contributed by atoms with Gasteiger partial charge in [-0.2, -0.15) is 0 Å². The number of piperidine rings is 1. The van der Waals surface area contributed by atoms with Crippen molar-refractivity contribution in [1.29, 1.82) is 0 Å². The van der Waals surface area contributed by atoms with Gasteiger partial charge in [0.05, 0.1) is 35.9 Å². The van der Waals surface area contributed by atoms with Crippen LogP contribution in [0.25, 0.3) is 0 Å². The van der Waals surface area contributed by atoms with E-state index in [9.17, 15) is 13.2 Å². The first-order chi connectivity index (χ1) is 15.6. The number of rotatable bonds is 8. The molecule has 3 rings (SSSR count). The van der Waals surface area contributed by atoms with E-state index in [1.807, 2.05) is 12.1 Å². The van der Waals surface area contributed by atoms with Gasteiger partial charge in [0.25, 0.3) is 0 Å². The molecule has 0 radical (unpaired) electrons. The first-order valence-electron chi connectivity index (χ1n) is 10.5. The summed E-state index contributed by atoms with van der Waals surface area (Å²) in [5.74, 6) is 0.539. The molecule has 2 aromatic carbocycles. The summed E-state index contributed by atoms with van der Waals surface area (Å²) in [5.41, 5.74) is 1.45. The van der Waals surface area contributed by atoms with E-state index in [0.717, 1.165) is 5.56 Å². The summed E-state index contributed by atoms with van der Waals surface area (Å²) in [6, 6.07) is 10.3. The van der Waals surface area contributed by atoms with Gasteiger partial charge in [0.2, 0.25) is 15.9 Å². The molecule has 0 saturated carbocycles. The molecule has 0 aliphatic carbocycles. The highest BCUT2D eigenvalue weighted by molar-refractivity contribution is 7.88. The monoisotopic (exact) mass is 514 g/mol. The van der Waals surface area contributed by atoms with Crippen LogP contribution >= 0.6 is 23.2 Å². The number of hydrogen-bond acceptors (Lipinski definition) is 5. The molecule has 2 aromatic rings. The van der Waals surface area contributed by atoms with Gasteiger partial charge in [0.15, 0.2) is 11.5 Å². The third-order valence-corrected chi connectivity index (χ3v) is 8.26. The third kappa shape index (κ3) is 6.32. The molecule has 10 heteroatoms. The van der Waals surface area contributed by atoms with Gasteiger partial charge in [-0.15, -0.1) is 0 Å². The van der Waals surface area contributed by atoms with Gasteiger partial charge in [-0.05, 0) is 48.2 Å². The van der Waals surface area contributed by atoms with E-state index in [1.54, 1.807) is 50.4 Å². The number of methoxy groups -OCH3 is 2. The van der Waals surface area contributed by atoms with E-state index in [0.29, 0.717) is 53.0 Å². The lowest BCUT2D eigenvalue weighted by molar-refractivity contribution is -0.135. The van der Waals surface area contributed by atoms with Crippen molar-refractivity contribution in [2.24, 2.45) is 5.92 Å². The van der Waals surface area contributed by atoms with E-state index in [4.69, 9.17) is 32.7 Å². The van der Waals surface area contributed by atoms with Crippen LogP contribution in [0.4, 0.5) is 0 Å². The fourth-order valence-corrected chi connectivity index (χ4v) is 5.89. The van der Waals surface area contributed by atoms with Gasteiger partial charge in [0.1, 0.15) is 0 Å². The fourth-order valence-electron chi connectivity index (χ4n) is 3.97. The minimum absolute atomic E-state index is 0.0841. The Morgan fingerprint density at radius 1 is 1.06 bits per heavy atom. The molecule has 1 amide bonds. The Labute approximate surface area is 205 Å². The maximum Gasteiger partial charge on any atom is 0.227 e. The van der Waals surface area contributed by atoms with Gasteiger partial charge >= 0.3 is 0 Å². The number of carbonyl (C=O) groups excluding carboxylic acids is 1. The van der Waals surface area contributed by atoms with Crippen LogP contribution in [0.1, 0.15) is 24.0 Å². The number of amides is 1. The molecule has 0 aromatic heterocycles. The third-order valence-electron chi connectivity index (χ3n) is 5.70. The zero-order chi connectivity index (χ0) is 24.2. The molecule has 0 bridgehead atoms. The normalized spacial score (nSPS) is 16.9. The maximum absolute atomic E-state index is 13.1. The Kier molecular flexibility index (Phi) is 8.50. The fraction of sp³-hybridized carbons (Fsp3) is 0.435. The Hall–Kier alpha value is -2.00. The minimum atomic E-state index is -3.60. The summed E-state index contributed by atoms with van der Waals surface area (Å²) in [5, 5.41) is 0.687. The molecule has 1 heterocycles. The lowest BCUT2D eigenvalue weighted by Crippen LogP contribution is -2.46. The number of carbonyl (C=O) groups is 1. The Balaban J connectivity index is 1.66. The largest absolute Gasteiger partial charge is 0.493 e. The lowest BCUT2D eigenvalue weighted by atomic mass is 9.98. The predicted molar refractivity (Wildman–Crippen MR) is 129 cm³/mol. The SMILES string of the molecule is COc1ccc(CN(C)C(=O)[C@@H]2CCCN(S(=O)(=O)Cc3ccc(Cl)c(Cl)c3)C2)cc1OC. The van der Waals surface area contributed by atoms with Crippen LogP contribution in [-0.2, 0) is 27.1 Å². The van der Waals surface area contributed by atoms with Crippen LogP contribution in [0, 0.1) is 5.92 Å². The average Bonchev–Trinajstić information content (AvgIpc) is 2.80. The summed E-state index contributed by atoms with van der Waals surface area (Å²) in [6.45, 7) is 0.942. The molecular weight excluding hydrogens is 487 g/mol. The zero-order valence-electron chi connectivity index (χ0n) is 18.9. The summed E-state index contributed by atoms with van der Waals surface area (Å²) >= 11 is 12.0. The summed E-state index contributed by atoms with van der Waals surface area (Å²) < 4.78 is 38.0. The Bertz CT molecular complexity index is 1110. The summed E-state index contributed by atoms with van der Waals surface area (Å²) in [7, 11) is 1.25. The highest BCUT2D eigenvalue weighted by Crippen LogP contribution is 2.29. The van der Waals surface area contributed by atoms with Crippen molar-refractivity contribution >= 4 is 39.1 Å². The molecular formula is C23H28Cl2N2O5S. The highest BCUT2D eigenvalue weighted by Gasteiger charge is 2.33. The number of ether oxygens (including phenoxy) is 2.